The van der Waals surface area contributed by atoms with Gasteiger partial charge in [0, 0.05) is 34.9 Å². The summed E-state index contributed by atoms with van der Waals surface area (Å²) in [6, 6.07) is 24.3. The van der Waals surface area contributed by atoms with Gasteiger partial charge in [-0.25, -0.2) is 4.99 Å². The van der Waals surface area contributed by atoms with Crippen LogP contribution in [0.4, 0.5) is 5.69 Å². The van der Waals surface area contributed by atoms with E-state index in [1.165, 1.54) is 11.3 Å². The zero-order valence-electron chi connectivity index (χ0n) is 22.6. The van der Waals surface area contributed by atoms with Gasteiger partial charge in [0.1, 0.15) is 5.75 Å². The summed E-state index contributed by atoms with van der Waals surface area (Å²) < 4.78 is 9.70. The van der Waals surface area contributed by atoms with E-state index < -0.39 is 6.04 Å². The molecule has 40 heavy (non-hydrogen) atoms. The summed E-state index contributed by atoms with van der Waals surface area (Å²) in [5.74, 6) is 0.394. The quantitative estimate of drug-likeness (QED) is 0.346. The summed E-state index contributed by atoms with van der Waals surface area (Å²) in [6.07, 6.45) is 1.95. The fourth-order valence-electron chi connectivity index (χ4n) is 5.30. The highest BCUT2D eigenvalue weighted by Gasteiger charge is 2.32. The van der Waals surface area contributed by atoms with Crippen molar-refractivity contribution in [1.29, 1.82) is 0 Å². The van der Waals surface area contributed by atoms with Gasteiger partial charge in [-0.15, -0.1) is 0 Å². The molecule has 6 rings (SSSR count). The topological polar surface area (TPSA) is 77.6 Å². The van der Waals surface area contributed by atoms with Gasteiger partial charge < -0.3 is 14.6 Å². The number of thiazole rings is 1. The van der Waals surface area contributed by atoms with Gasteiger partial charge in [0.05, 0.1) is 29.0 Å². The molecule has 0 spiro atoms. The first-order valence-corrected chi connectivity index (χ1v) is 13.8. The summed E-state index contributed by atoms with van der Waals surface area (Å²) in [5, 5.41) is 4.07. The van der Waals surface area contributed by atoms with Crippen molar-refractivity contribution in [3.8, 4) is 5.75 Å². The molecule has 3 aromatic carbocycles. The molecule has 1 unspecified atom stereocenters. The average Bonchev–Trinajstić information content (AvgIpc) is 3.41. The smallest absolute Gasteiger partial charge is 0.271 e. The SMILES string of the molecule is COc1ccc(C2C(C(=O)Nc3ccccc3)=C(C)N=c3sc(=Cc4c(C)n(C)c5ccccc45)c(=O)n32)cc1. The van der Waals surface area contributed by atoms with Gasteiger partial charge in [0.25, 0.3) is 11.5 Å². The number of carbonyl (C=O) groups excluding carboxylic acids is 1. The monoisotopic (exact) mass is 548 g/mol. The van der Waals surface area contributed by atoms with Gasteiger partial charge in [0.2, 0.25) is 0 Å². The van der Waals surface area contributed by atoms with E-state index >= 15 is 0 Å². The van der Waals surface area contributed by atoms with Crippen LogP contribution < -0.4 is 24.9 Å². The third kappa shape index (κ3) is 4.26. The number of allylic oxidation sites excluding steroid dienone is 1. The summed E-state index contributed by atoms with van der Waals surface area (Å²) in [5.41, 5.74) is 5.45. The number of carbonyl (C=O) groups is 1. The van der Waals surface area contributed by atoms with Crippen LogP contribution in [0.15, 0.2) is 99.9 Å². The number of aryl methyl sites for hydroxylation is 1. The normalized spacial score (nSPS) is 15.2. The lowest BCUT2D eigenvalue weighted by Gasteiger charge is -2.25. The van der Waals surface area contributed by atoms with E-state index in [2.05, 4.69) is 28.9 Å². The highest BCUT2D eigenvalue weighted by Crippen LogP contribution is 2.32. The fraction of sp³-hybridized carbons (Fsp3) is 0.156. The van der Waals surface area contributed by atoms with Gasteiger partial charge in [-0.1, -0.05) is 59.9 Å². The van der Waals surface area contributed by atoms with Crippen molar-refractivity contribution < 1.29 is 9.53 Å². The van der Waals surface area contributed by atoms with Crippen LogP contribution >= 0.6 is 11.3 Å². The third-order valence-corrected chi connectivity index (χ3v) is 8.44. The van der Waals surface area contributed by atoms with E-state index in [4.69, 9.17) is 9.73 Å². The molecule has 2 aromatic heterocycles. The number of nitrogens with one attached hydrogen (secondary N) is 1. The first-order chi connectivity index (χ1) is 19.4. The second-order valence-electron chi connectivity index (χ2n) is 9.75. The molecule has 5 aromatic rings. The van der Waals surface area contributed by atoms with E-state index in [0.717, 1.165) is 27.7 Å². The second kappa shape index (κ2) is 10.1. The molecular weight excluding hydrogens is 520 g/mol. The minimum Gasteiger partial charge on any atom is -0.497 e. The van der Waals surface area contributed by atoms with Crippen LogP contribution in [0.5, 0.6) is 5.75 Å². The number of aromatic nitrogens is 2. The number of hydrogen-bond acceptors (Lipinski definition) is 5. The molecule has 0 saturated heterocycles. The number of ether oxygens (including phenoxy) is 1. The van der Waals surface area contributed by atoms with Crippen molar-refractivity contribution in [3.05, 3.63) is 127 Å². The Labute approximate surface area is 235 Å². The molecule has 0 bridgehead atoms. The zero-order chi connectivity index (χ0) is 28.0. The van der Waals surface area contributed by atoms with E-state index in [9.17, 15) is 9.59 Å². The molecule has 1 amide bonds. The molecule has 0 aliphatic carbocycles. The molecule has 1 N–H and O–H groups in total. The Bertz CT molecular complexity index is 1980. The van der Waals surface area contributed by atoms with Crippen molar-refractivity contribution in [2.75, 3.05) is 12.4 Å². The molecule has 1 atom stereocenters. The summed E-state index contributed by atoms with van der Waals surface area (Å²) in [6.45, 7) is 3.88. The van der Waals surface area contributed by atoms with Crippen LogP contribution in [0.3, 0.4) is 0 Å². The van der Waals surface area contributed by atoms with Crippen LogP contribution in [0.25, 0.3) is 17.0 Å². The summed E-state index contributed by atoms with van der Waals surface area (Å²) in [4.78, 5) is 33.2. The Hall–Kier alpha value is -4.69. The number of fused-ring (bicyclic) bond motifs is 2. The maximum atomic E-state index is 14.1. The molecule has 8 heteroatoms. The molecule has 1 aliphatic rings. The summed E-state index contributed by atoms with van der Waals surface area (Å²) >= 11 is 1.34. The lowest BCUT2D eigenvalue weighted by Crippen LogP contribution is -2.40. The Morgan fingerprint density at radius 3 is 2.42 bits per heavy atom. The number of nitrogens with zero attached hydrogens (tertiary/aromatic N) is 3. The van der Waals surface area contributed by atoms with Crippen molar-refractivity contribution in [2.24, 2.45) is 12.0 Å². The molecular formula is C32H28N4O3S. The molecule has 0 saturated carbocycles. The first-order valence-electron chi connectivity index (χ1n) is 12.9. The average molecular weight is 549 g/mol. The standard InChI is InChI=1S/C32H28N4O3S/c1-19-28(30(37)34-22-10-6-5-7-11-22)29(21-14-16-23(39-4)17-15-21)36-31(38)27(40-32(36)33-19)18-25-20(2)35(3)26-13-9-8-12-24(25)26/h5-18,29H,1-4H3,(H,34,37). The minimum absolute atomic E-state index is 0.186. The van der Waals surface area contributed by atoms with E-state index in [-0.39, 0.29) is 11.5 Å². The van der Waals surface area contributed by atoms with Crippen LogP contribution in [0, 0.1) is 6.92 Å². The van der Waals surface area contributed by atoms with Gasteiger partial charge in [-0.2, -0.15) is 0 Å². The number of amides is 1. The van der Waals surface area contributed by atoms with Gasteiger partial charge >= 0.3 is 0 Å². The molecule has 0 fully saturated rings. The zero-order valence-corrected chi connectivity index (χ0v) is 23.5. The second-order valence-corrected chi connectivity index (χ2v) is 10.8. The van der Waals surface area contributed by atoms with Gasteiger partial charge in [0.15, 0.2) is 4.80 Å². The van der Waals surface area contributed by atoms with Crippen molar-refractivity contribution in [1.82, 2.24) is 9.13 Å². The maximum Gasteiger partial charge on any atom is 0.271 e. The third-order valence-electron chi connectivity index (χ3n) is 7.45. The number of rotatable bonds is 5. The fourth-order valence-corrected chi connectivity index (χ4v) is 6.33. The minimum atomic E-state index is -0.651. The Morgan fingerprint density at radius 2 is 1.70 bits per heavy atom. The molecule has 7 nitrogen and oxygen atoms in total. The van der Waals surface area contributed by atoms with Crippen molar-refractivity contribution in [3.63, 3.8) is 0 Å². The predicted octanol–water partition coefficient (Wildman–Crippen LogP) is 4.68. The molecule has 0 radical (unpaired) electrons. The van der Waals surface area contributed by atoms with Crippen LogP contribution in [0.2, 0.25) is 0 Å². The van der Waals surface area contributed by atoms with Crippen molar-refractivity contribution in [2.45, 2.75) is 19.9 Å². The van der Waals surface area contributed by atoms with Gasteiger partial charge in [-0.05, 0) is 55.8 Å². The van der Waals surface area contributed by atoms with Gasteiger partial charge in [-0.3, -0.25) is 14.2 Å². The number of methoxy groups -OCH3 is 1. The lowest BCUT2D eigenvalue weighted by atomic mass is 9.95. The molecule has 3 heterocycles. The predicted molar refractivity (Wildman–Crippen MR) is 159 cm³/mol. The maximum absolute atomic E-state index is 14.1. The van der Waals surface area contributed by atoms with E-state index in [1.807, 2.05) is 86.8 Å². The Morgan fingerprint density at radius 1 is 1.00 bits per heavy atom. The Balaban J connectivity index is 1.55. The number of anilines is 1. The first kappa shape index (κ1) is 25.6. The molecule has 1 aliphatic heterocycles. The van der Waals surface area contributed by atoms with E-state index in [0.29, 0.717) is 32.0 Å². The van der Waals surface area contributed by atoms with Crippen LogP contribution in [-0.4, -0.2) is 22.2 Å². The largest absolute Gasteiger partial charge is 0.497 e. The van der Waals surface area contributed by atoms with Crippen LogP contribution in [-0.2, 0) is 11.8 Å². The number of hydrogen-bond donors (Lipinski definition) is 1. The van der Waals surface area contributed by atoms with Crippen molar-refractivity contribution >= 4 is 39.9 Å². The summed E-state index contributed by atoms with van der Waals surface area (Å²) in [7, 11) is 3.64. The van der Waals surface area contributed by atoms with E-state index in [1.54, 1.807) is 11.7 Å². The van der Waals surface area contributed by atoms with Crippen LogP contribution in [0.1, 0.15) is 29.8 Å². The highest BCUT2D eigenvalue weighted by atomic mass is 32.1. The Kier molecular flexibility index (Phi) is 6.48. The molecule has 200 valence electrons. The number of benzene rings is 3. The number of para-hydroxylation sites is 2. The highest BCUT2D eigenvalue weighted by molar-refractivity contribution is 7.07. The lowest BCUT2D eigenvalue weighted by molar-refractivity contribution is -0.113.